The van der Waals surface area contributed by atoms with Gasteiger partial charge in [0.1, 0.15) is 0 Å². The van der Waals surface area contributed by atoms with Gasteiger partial charge in [-0.05, 0) is 38.3 Å². The number of aliphatic hydroxyl groups excluding tert-OH is 1. The van der Waals surface area contributed by atoms with Gasteiger partial charge in [-0.15, -0.1) is 0 Å². The molecule has 1 aromatic heterocycles. The molecule has 2 heterocycles. The zero-order valence-corrected chi connectivity index (χ0v) is 13.5. The van der Waals surface area contributed by atoms with Crippen molar-refractivity contribution in [2.24, 2.45) is 0 Å². The number of amides is 1. The summed E-state index contributed by atoms with van der Waals surface area (Å²) in [4.78, 5) is 16.0. The fourth-order valence-electron chi connectivity index (χ4n) is 3.37. The SMILES string of the molecule is CN(C)C(=O)CC1(CO)CCCN1Cc1cc(C2CC2)n[nH]1. The van der Waals surface area contributed by atoms with E-state index in [1.165, 1.54) is 12.8 Å². The van der Waals surface area contributed by atoms with Gasteiger partial charge in [0.2, 0.25) is 5.91 Å². The quantitative estimate of drug-likeness (QED) is 0.825. The molecule has 122 valence electrons. The molecule has 22 heavy (non-hydrogen) atoms. The van der Waals surface area contributed by atoms with Crippen molar-refractivity contribution in [3.63, 3.8) is 0 Å². The van der Waals surface area contributed by atoms with E-state index in [2.05, 4.69) is 21.2 Å². The molecule has 2 aliphatic rings. The molecule has 1 unspecified atom stereocenters. The first kappa shape index (κ1) is 15.5. The number of aromatic nitrogens is 2. The third-order valence-electron chi connectivity index (χ3n) is 5.02. The molecule has 1 atom stereocenters. The lowest BCUT2D eigenvalue weighted by Gasteiger charge is -2.37. The predicted molar refractivity (Wildman–Crippen MR) is 83.3 cm³/mol. The summed E-state index contributed by atoms with van der Waals surface area (Å²) in [6.45, 7) is 1.66. The number of hydrogen-bond donors (Lipinski definition) is 2. The Labute approximate surface area is 131 Å². The fraction of sp³-hybridized carbons (Fsp3) is 0.750. The summed E-state index contributed by atoms with van der Waals surface area (Å²) < 4.78 is 0. The molecule has 1 saturated carbocycles. The summed E-state index contributed by atoms with van der Waals surface area (Å²) in [6.07, 6.45) is 4.75. The predicted octanol–water partition coefficient (Wildman–Crippen LogP) is 1.09. The van der Waals surface area contributed by atoms with Crippen LogP contribution in [-0.4, -0.2) is 63.8 Å². The normalized spacial score (nSPS) is 25.6. The van der Waals surface area contributed by atoms with Gasteiger partial charge < -0.3 is 10.0 Å². The molecular weight excluding hydrogens is 280 g/mol. The average molecular weight is 306 g/mol. The molecule has 0 radical (unpaired) electrons. The summed E-state index contributed by atoms with van der Waals surface area (Å²) in [5.74, 6) is 0.714. The summed E-state index contributed by atoms with van der Waals surface area (Å²) in [5, 5.41) is 17.5. The van der Waals surface area contributed by atoms with Gasteiger partial charge in [-0.3, -0.25) is 14.8 Å². The minimum Gasteiger partial charge on any atom is -0.394 e. The Morgan fingerprint density at radius 1 is 1.55 bits per heavy atom. The highest BCUT2D eigenvalue weighted by atomic mass is 16.3. The molecule has 3 rings (SSSR count). The first-order chi connectivity index (χ1) is 10.5. The highest BCUT2D eigenvalue weighted by Crippen LogP contribution is 2.39. The Morgan fingerprint density at radius 3 is 2.95 bits per heavy atom. The van der Waals surface area contributed by atoms with Crippen molar-refractivity contribution in [2.75, 3.05) is 27.2 Å². The minimum absolute atomic E-state index is 0.0240. The molecule has 0 spiro atoms. The van der Waals surface area contributed by atoms with Crippen LogP contribution in [0.4, 0.5) is 0 Å². The summed E-state index contributed by atoms with van der Waals surface area (Å²) in [7, 11) is 3.53. The monoisotopic (exact) mass is 306 g/mol. The van der Waals surface area contributed by atoms with Gasteiger partial charge in [0.25, 0.3) is 0 Å². The van der Waals surface area contributed by atoms with Crippen LogP contribution in [0.5, 0.6) is 0 Å². The lowest BCUT2D eigenvalue weighted by molar-refractivity contribution is -0.132. The van der Waals surface area contributed by atoms with Gasteiger partial charge in [-0.25, -0.2) is 0 Å². The molecule has 2 fully saturated rings. The second-order valence-electron chi connectivity index (χ2n) is 6.96. The molecule has 1 amide bonds. The molecule has 1 aliphatic carbocycles. The van der Waals surface area contributed by atoms with Crippen LogP contribution in [0, 0.1) is 0 Å². The minimum atomic E-state index is -0.424. The Balaban J connectivity index is 1.70. The Morgan fingerprint density at radius 2 is 2.32 bits per heavy atom. The van der Waals surface area contributed by atoms with E-state index in [0.717, 1.165) is 37.3 Å². The number of likely N-dealkylation sites (tertiary alicyclic amines) is 1. The van der Waals surface area contributed by atoms with Crippen LogP contribution in [0.1, 0.15) is 49.4 Å². The maximum Gasteiger partial charge on any atom is 0.224 e. The second-order valence-corrected chi connectivity index (χ2v) is 6.96. The van der Waals surface area contributed by atoms with Gasteiger partial charge in [-0.2, -0.15) is 5.10 Å². The van der Waals surface area contributed by atoms with Crippen LogP contribution in [0.25, 0.3) is 0 Å². The maximum absolute atomic E-state index is 12.1. The van der Waals surface area contributed by atoms with Crippen LogP contribution in [0.3, 0.4) is 0 Å². The van der Waals surface area contributed by atoms with E-state index in [0.29, 0.717) is 12.3 Å². The zero-order valence-electron chi connectivity index (χ0n) is 13.5. The van der Waals surface area contributed by atoms with Gasteiger partial charge in [0.15, 0.2) is 0 Å². The van der Waals surface area contributed by atoms with Crippen molar-refractivity contribution in [1.82, 2.24) is 20.0 Å². The zero-order chi connectivity index (χ0) is 15.7. The summed E-state index contributed by atoms with van der Waals surface area (Å²) >= 11 is 0. The van der Waals surface area contributed by atoms with Gasteiger partial charge in [-0.1, -0.05) is 0 Å². The van der Waals surface area contributed by atoms with Gasteiger partial charge in [0.05, 0.1) is 17.8 Å². The van der Waals surface area contributed by atoms with E-state index in [-0.39, 0.29) is 12.5 Å². The number of hydrogen-bond acceptors (Lipinski definition) is 4. The molecule has 1 aromatic rings. The number of H-pyrrole nitrogens is 1. The maximum atomic E-state index is 12.1. The number of aromatic amines is 1. The lowest BCUT2D eigenvalue weighted by atomic mass is 9.92. The number of carbonyl (C=O) groups excluding carboxylic acids is 1. The number of rotatable bonds is 6. The van der Waals surface area contributed by atoms with Gasteiger partial charge >= 0.3 is 0 Å². The molecule has 0 bridgehead atoms. The number of nitrogens with zero attached hydrogens (tertiary/aromatic N) is 3. The van der Waals surface area contributed by atoms with Crippen LogP contribution in [0.2, 0.25) is 0 Å². The van der Waals surface area contributed by atoms with E-state index in [4.69, 9.17) is 0 Å². The largest absolute Gasteiger partial charge is 0.394 e. The first-order valence-electron chi connectivity index (χ1n) is 8.14. The van der Waals surface area contributed by atoms with Crippen molar-refractivity contribution in [3.05, 3.63) is 17.5 Å². The van der Waals surface area contributed by atoms with Gasteiger partial charge in [0, 0.05) is 38.7 Å². The number of aliphatic hydroxyl groups is 1. The number of nitrogens with one attached hydrogen (secondary N) is 1. The van der Waals surface area contributed by atoms with Crippen LogP contribution in [-0.2, 0) is 11.3 Å². The topological polar surface area (TPSA) is 72.5 Å². The Hall–Kier alpha value is -1.40. The van der Waals surface area contributed by atoms with Crippen LogP contribution < -0.4 is 0 Å². The van der Waals surface area contributed by atoms with Crippen molar-refractivity contribution < 1.29 is 9.90 Å². The van der Waals surface area contributed by atoms with Crippen molar-refractivity contribution >= 4 is 5.91 Å². The number of carbonyl (C=O) groups is 1. The molecule has 1 aliphatic heterocycles. The lowest BCUT2D eigenvalue weighted by Crippen LogP contribution is -2.49. The van der Waals surface area contributed by atoms with E-state index in [1.54, 1.807) is 19.0 Å². The smallest absolute Gasteiger partial charge is 0.224 e. The summed E-state index contributed by atoms with van der Waals surface area (Å²) in [5.41, 5.74) is 1.82. The Bertz CT molecular complexity index is 538. The molecule has 2 N–H and O–H groups in total. The molecule has 6 nitrogen and oxygen atoms in total. The highest BCUT2D eigenvalue weighted by molar-refractivity contribution is 5.77. The van der Waals surface area contributed by atoms with Crippen molar-refractivity contribution in [1.29, 1.82) is 0 Å². The van der Waals surface area contributed by atoms with E-state index < -0.39 is 5.54 Å². The highest BCUT2D eigenvalue weighted by Gasteiger charge is 2.42. The average Bonchev–Trinajstić information content (AvgIpc) is 3.12. The van der Waals surface area contributed by atoms with E-state index in [1.807, 2.05) is 0 Å². The molecule has 0 aromatic carbocycles. The van der Waals surface area contributed by atoms with Crippen molar-refractivity contribution in [2.45, 2.75) is 50.1 Å². The third-order valence-corrected chi connectivity index (χ3v) is 5.02. The van der Waals surface area contributed by atoms with E-state index >= 15 is 0 Å². The van der Waals surface area contributed by atoms with Crippen LogP contribution in [0.15, 0.2) is 6.07 Å². The standard InChI is InChI=1S/C16H26N4O2/c1-19(2)15(22)9-16(11-21)6-3-7-20(16)10-13-8-14(18-17-13)12-4-5-12/h8,12,21H,3-7,9-11H2,1-2H3,(H,17,18). The molecule has 6 heteroatoms. The molecule has 1 saturated heterocycles. The fourth-order valence-corrected chi connectivity index (χ4v) is 3.37. The Kier molecular flexibility index (Phi) is 4.23. The third kappa shape index (κ3) is 3.03. The first-order valence-corrected chi connectivity index (χ1v) is 8.14. The van der Waals surface area contributed by atoms with Crippen molar-refractivity contribution in [3.8, 4) is 0 Å². The second kappa shape index (κ2) is 6.01. The summed E-state index contributed by atoms with van der Waals surface area (Å²) in [6, 6.07) is 2.14. The van der Waals surface area contributed by atoms with E-state index in [9.17, 15) is 9.90 Å². The molecular formula is C16H26N4O2. The van der Waals surface area contributed by atoms with Crippen LogP contribution >= 0.6 is 0 Å².